The van der Waals surface area contributed by atoms with E-state index in [4.69, 9.17) is 4.42 Å². The standard InChI is InChI=1S/C43H28O/c1-27-12-11-21-38-39-26-29(22-25-40(39)44-43(27)38)41-33-17-7-9-19-35(33)42(36-20-10-8-18-34(36)41)37-24-23-30(28-13-3-2-4-14-28)31-15-5-6-16-32(31)37/h2-26H,1H3. The lowest BCUT2D eigenvalue weighted by Crippen LogP contribution is -1.92. The first-order chi connectivity index (χ1) is 21.8. The summed E-state index contributed by atoms with van der Waals surface area (Å²) in [4.78, 5) is 0. The molecule has 0 aliphatic heterocycles. The predicted octanol–water partition coefficient (Wildman–Crippen LogP) is 12.4. The van der Waals surface area contributed by atoms with Gasteiger partial charge in [-0.05, 0) is 90.3 Å². The lowest BCUT2D eigenvalue weighted by molar-refractivity contribution is 0.666. The van der Waals surface area contributed by atoms with Gasteiger partial charge < -0.3 is 4.42 Å². The number of para-hydroxylation sites is 1. The number of aryl methyl sites for hydroxylation is 1. The first kappa shape index (κ1) is 24.9. The van der Waals surface area contributed by atoms with E-state index in [9.17, 15) is 0 Å². The van der Waals surface area contributed by atoms with Crippen molar-refractivity contribution in [3.05, 3.63) is 157 Å². The second-order valence-corrected chi connectivity index (χ2v) is 11.7. The largest absolute Gasteiger partial charge is 0.456 e. The molecule has 0 saturated carbocycles. The molecule has 1 aromatic heterocycles. The molecule has 0 amide bonds. The summed E-state index contributed by atoms with van der Waals surface area (Å²) in [5.41, 5.74) is 10.5. The Bertz CT molecular complexity index is 2490. The number of hydrogen-bond donors (Lipinski definition) is 0. The maximum absolute atomic E-state index is 6.31. The maximum atomic E-state index is 6.31. The minimum absolute atomic E-state index is 0.924. The predicted molar refractivity (Wildman–Crippen MR) is 187 cm³/mol. The number of benzene rings is 8. The highest BCUT2D eigenvalue weighted by atomic mass is 16.3. The van der Waals surface area contributed by atoms with Crippen molar-refractivity contribution in [2.45, 2.75) is 6.92 Å². The van der Waals surface area contributed by atoms with Gasteiger partial charge in [-0.15, -0.1) is 0 Å². The summed E-state index contributed by atoms with van der Waals surface area (Å²) in [6.45, 7) is 2.11. The van der Waals surface area contributed by atoms with Crippen LogP contribution >= 0.6 is 0 Å². The van der Waals surface area contributed by atoms with Crippen molar-refractivity contribution in [3.8, 4) is 33.4 Å². The van der Waals surface area contributed by atoms with E-state index in [1.54, 1.807) is 0 Å². The minimum atomic E-state index is 0.924. The number of hydrogen-bond acceptors (Lipinski definition) is 1. The summed E-state index contributed by atoms with van der Waals surface area (Å²) >= 11 is 0. The molecule has 0 fully saturated rings. The number of rotatable bonds is 3. The van der Waals surface area contributed by atoms with E-state index in [1.165, 1.54) is 65.7 Å². The molecule has 0 N–H and O–H groups in total. The van der Waals surface area contributed by atoms with Gasteiger partial charge in [0.1, 0.15) is 11.2 Å². The van der Waals surface area contributed by atoms with Crippen molar-refractivity contribution in [2.75, 3.05) is 0 Å². The molecule has 0 saturated heterocycles. The van der Waals surface area contributed by atoms with Crippen molar-refractivity contribution in [1.82, 2.24) is 0 Å². The van der Waals surface area contributed by atoms with Crippen LogP contribution in [0.1, 0.15) is 5.56 Å². The van der Waals surface area contributed by atoms with Crippen LogP contribution in [0.25, 0.3) is 87.6 Å². The molecule has 8 aromatic carbocycles. The van der Waals surface area contributed by atoms with E-state index in [2.05, 4.69) is 159 Å². The average molecular weight is 561 g/mol. The molecule has 0 bridgehead atoms. The molecule has 0 radical (unpaired) electrons. The Hall–Kier alpha value is -5.66. The summed E-state index contributed by atoms with van der Waals surface area (Å²) in [5.74, 6) is 0. The van der Waals surface area contributed by atoms with E-state index in [-0.39, 0.29) is 0 Å². The van der Waals surface area contributed by atoms with Crippen LogP contribution in [0.2, 0.25) is 0 Å². The van der Waals surface area contributed by atoms with Gasteiger partial charge in [0.2, 0.25) is 0 Å². The normalized spacial score (nSPS) is 11.8. The van der Waals surface area contributed by atoms with E-state index in [1.807, 2.05) is 0 Å². The van der Waals surface area contributed by atoms with Gasteiger partial charge in [0.05, 0.1) is 0 Å². The summed E-state index contributed by atoms with van der Waals surface area (Å²) in [6.07, 6.45) is 0. The highest BCUT2D eigenvalue weighted by Crippen LogP contribution is 2.47. The smallest absolute Gasteiger partial charge is 0.138 e. The van der Waals surface area contributed by atoms with E-state index < -0.39 is 0 Å². The van der Waals surface area contributed by atoms with Gasteiger partial charge in [-0.2, -0.15) is 0 Å². The zero-order chi connectivity index (χ0) is 29.2. The second kappa shape index (κ2) is 9.69. The molecular formula is C43H28O. The minimum Gasteiger partial charge on any atom is -0.456 e. The molecule has 0 aliphatic carbocycles. The molecular weight excluding hydrogens is 532 g/mol. The average Bonchev–Trinajstić information content (AvgIpc) is 3.46. The molecule has 206 valence electrons. The van der Waals surface area contributed by atoms with Crippen molar-refractivity contribution >= 4 is 54.3 Å². The van der Waals surface area contributed by atoms with Crippen LogP contribution in [-0.4, -0.2) is 0 Å². The molecule has 0 unspecified atom stereocenters. The third-order valence-corrected chi connectivity index (χ3v) is 9.19. The van der Waals surface area contributed by atoms with Crippen molar-refractivity contribution in [2.24, 2.45) is 0 Å². The van der Waals surface area contributed by atoms with Crippen LogP contribution in [-0.2, 0) is 0 Å². The second-order valence-electron chi connectivity index (χ2n) is 11.7. The van der Waals surface area contributed by atoms with Crippen LogP contribution in [0.3, 0.4) is 0 Å². The van der Waals surface area contributed by atoms with Crippen LogP contribution in [0.15, 0.2) is 156 Å². The third kappa shape index (κ3) is 3.66. The first-order valence-corrected chi connectivity index (χ1v) is 15.2. The highest BCUT2D eigenvalue weighted by molar-refractivity contribution is 6.24. The zero-order valence-electron chi connectivity index (χ0n) is 24.3. The van der Waals surface area contributed by atoms with Crippen LogP contribution < -0.4 is 0 Å². The molecule has 44 heavy (non-hydrogen) atoms. The van der Waals surface area contributed by atoms with Gasteiger partial charge in [0.15, 0.2) is 0 Å². The Labute approximate surface area is 255 Å². The Kier molecular flexibility index (Phi) is 5.48. The van der Waals surface area contributed by atoms with Crippen molar-refractivity contribution in [3.63, 3.8) is 0 Å². The molecule has 1 heterocycles. The lowest BCUT2D eigenvalue weighted by Gasteiger charge is -2.19. The monoisotopic (exact) mass is 560 g/mol. The fourth-order valence-electron chi connectivity index (χ4n) is 7.21. The van der Waals surface area contributed by atoms with Crippen LogP contribution in [0, 0.1) is 6.92 Å². The summed E-state index contributed by atoms with van der Waals surface area (Å²) in [7, 11) is 0. The van der Waals surface area contributed by atoms with Gasteiger partial charge in [-0.25, -0.2) is 0 Å². The number of fused-ring (bicyclic) bond motifs is 6. The van der Waals surface area contributed by atoms with Crippen LogP contribution in [0.4, 0.5) is 0 Å². The summed E-state index contributed by atoms with van der Waals surface area (Å²) in [6, 6.07) is 55.0. The molecule has 1 nitrogen and oxygen atoms in total. The van der Waals surface area contributed by atoms with Gasteiger partial charge in [-0.3, -0.25) is 0 Å². The summed E-state index contributed by atoms with van der Waals surface area (Å²) in [5, 5.41) is 9.86. The summed E-state index contributed by atoms with van der Waals surface area (Å²) < 4.78 is 6.31. The number of furan rings is 1. The molecule has 0 atom stereocenters. The highest BCUT2D eigenvalue weighted by Gasteiger charge is 2.20. The first-order valence-electron chi connectivity index (χ1n) is 15.2. The molecule has 9 aromatic rings. The lowest BCUT2D eigenvalue weighted by atomic mass is 9.83. The maximum Gasteiger partial charge on any atom is 0.138 e. The van der Waals surface area contributed by atoms with Crippen LogP contribution in [0.5, 0.6) is 0 Å². The van der Waals surface area contributed by atoms with E-state index in [0.717, 1.165) is 27.5 Å². The van der Waals surface area contributed by atoms with Crippen molar-refractivity contribution < 1.29 is 4.42 Å². The molecule has 9 rings (SSSR count). The van der Waals surface area contributed by atoms with Gasteiger partial charge in [0, 0.05) is 10.8 Å². The topological polar surface area (TPSA) is 13.1 Å². The van der Waals surface area contributed by atoms with Gasteiger partial charge in [0.25, 0.3) is 0 Å². The van der Waals surface area contributed by atoms with Gasteiger partial charge >= 0.3 is 0 Å². The fourth-order valence-corrected chi connectivity index (χ4v) is 7.21. The quantitative estimate of drug-likeness (QED) is 0.196. The Morgan fingerprint density at radius 2 is 0.909 bits per heavy atom. The van der Waals surface area contributed by atoms with Crippen molar-refractivity contribution in [1.29, 1.82) is 0 Å². The fraction of sp³-hybridized carbons (Fsp3) is 0.0233. The zero-order valence-corrected chi connectivity index (χ0v) is 24.3. The Morgan fingerprint density at radius 3 is 1.59 bits per heavy atom. The van der Waals surface area contributed by atoms with Gasteiger partial charge in [-0.1, -0.05) is 140 Å². The Morgan fingerprint density at radius 1 is 0.364 bits per heavy atom. The molecule has 0 aliphatic rings. The van der Waals surface area contributed by atoms with E-state index in [0.29, 0.717) is 0 Å². The molecule has 0 spiro atoms. The third-order valence-electron chi connectivity index (χ3n) is 9.19. The Balaban J connectivity index is 1.37. The van der Waals surface area contributed by atoms with E-state index >= 15 is 0 Å². The molecule has 1 heteroatoms. The SMILES string of the molecule is Cc1cccc2c1oc1ccc(-c3c4ccccc4c(-c4ccc(-c5ccccc5)c5ccccc45)c4ccccc34)cc12.